The number of ether oxygens (including phenoxy) is 1. The maximum absolute atomic E-state index is 14.0. The Kier molecular flexibility index (Phi) is 6.37. The Morgan fingerprint density at radius 2 is 1.29 bits per heavy atom. The Balaban J connectivity index is 1.13. The highest BCUT2D eigenvalue weighted by atomic mass is 35.5. The smallest absolute Gasteiger partial charge is 0.338 e. The quantitative estimate of drug-likeness (QED) is 0.219. The molecule has 1 fully saturated rings. The van der Waals surface area contributed by atoms with E-state index in [1.54, 1.807) is 30.3 Å². The minimum absolute atomic E-state index is 0.103. The molecule has 2 atom stereocenters. The van der Waals surface area contributed by atoms with Gasteiger partial charge in [0.1, 0.15) is 0 Å². The van der Waals surface area contributed by atoms with Gasteiger partial charge in [0.2, 0.25) is 11.8 Å². The van der Waals surface area contributed by atoms with Crippen molar-refractivity contribution in [1.29, 1.82) is 0 Å². The van der Waals surface area contributed by atoms with E-state index < -0.39 is 30.3 Å². The molecule has 1 saturated heterocycles. The van der Waals surface area contributed by atoms with Crippen LogP contribution in [0.2, 0.25) is 10.0 Å². The van der Waals surface area contributed by atoms with Gasteiger partial charge in [0.15, 0.2) is 6.61 Å². The van der Waals surface area contributed by atoms with Crippen LogP contribution in [-0.2, 0) is 19.1 Å². The van der Waals surface area contributed by atoms with E-state index in [9.17, 15) is 19.2 Å². The Morgan fingerprint density at radius 3 is 1.86 bits per heavy atom. The summed E-state index contributed by atoms with van der Waals surface area (Å²) >= 11 is 12.1. The molecule has 3 amide bonds. The van der Waals surface area contributed by atoms with Crippen molar-refractivity contribution >= 4 is 58.3 Å². The summed E-state index contributed by atoms with van der Waals surface area (Å²) in [6.07, 6.45) is 0. The van der Waals surface area contributed by atoms with Crippen LogP contribution in [0.3, 0.4) is 0 Å². The summed E-state index contributed by atoms with van der Waals surface area (Å²) in [6.45, 7) is -0.572. The number of halogens is 2. The SMILES string of the molecule is O=C(COC(=O)c1cccc(N2C(=O)[C@@H]3C4c5ccccc5C(c5ccccc54)[C@H]3C2=O)c1)Nc1cccc(Cl)c1Cl. The van der Waals surface area contributed by atoms with E-state index in [1.807, 2.05) is 48.5 Å². The normalized spacial score (nSPS) is 21.4. The average molecular weight is 597 g/mol. The van der Waals surface area contributed by atoms with E-state index >= 15 is 0 Å². The predicted molar refractivity (Wildman–Crippen MR) is 158 cm³/mol. The summed E-state index contributed by atoms with van der Waals surface area (Å²) in [5.74, 6) is -3.48. The van der Waals surface area contributed by atoms with Crippen LogP contribution in [-0.4, -0.2) is 30.3 Å². The Hall–Kier alpha value is -4.46. The zero-order valence-corrected chi connectivity index (χ0v) is 23.4. The molecular weight excluding hydrogens is 575 g/mol. The zero-order chi connectivity index (χ0) is 29.1. The lowest BCUT2D eigenvalue weighted by atomic mass is 9.55. The molecule has 8 rings (SSSR count). The van der Waals surface area contributed by atoms with E-state index in [2.05, 4.69) is 5.32 Å². The van der Waals surface area contributed by atoms with Crippen LogP contribution in [0.5, 0.6) is 0 Å². The van der Waals surface area contributed by atoms with Crippen LogP contribution < -0.4 is 10.2 Å². The lowest BCUT2D eigenvalue weighted by Crippen LogP contribution is -2.41. The number of nitrogens with one attached hydrogen (secondary N) is 1. The molecular formula is C33H22Cl2N2O5. The molecule has 4 aromatic rings. The second kappa shape index (κ2) is 10.1. The number of amides is 3. The Labute approximate surface area is 251 Å². The first kappa shape index (κ1) is 26.4. The van der Waals surface area contributed by atoms with Gasteiger partial charge in [-0.2, -0.15) is 0 Å². The molecule has 3 aliphatic carbocycles. The van der Waals surface area contributed by atoms with Gasteiger partial charge in [0.25, 0.3) is 5.91 Å². The maximum atomic E-state index is 14.0. The number of imide groups is 1. The van der Waals surface area contributed by atoms with E-state index in [-0.39, 0.29) is 50.6 Å². The van der Waals surface area contributed by atoms with Gasteiger partial charge in [-0.1, -0.05) is 83.9 Å². The van der Waals surface area contributed by atoms with Crippen LogP contribution >= 0.6 is 23.2 Å². The molecule has 7 nitrogen and oxygen atoms in total. The number of hydrogen-bond acceptors (Lipinski definition) is 5. The summed E-state index contributed by atoms with van der Waals surface area (Å²) in [6, 6.07) is 27.0. The summed E-state index contributed by atoms with van der Waals surface area (Å²) in [4.78, 5) is 54.5. The molecule has 0 unspecified atom stereocenters. The van der Waals surface area contributed by atoms with Crippen molar-refractivity contribution in [2.45, 2.75) is 11.8 Å². The summed E-state index contributed by atoms with van der Waals surface area (Å²) in [7, 11) is 0. The molecule has 2 bridgehead atoms. The number of carbonyl (C=O) groups excluding carboxylic acids is 4. The molecule has 0 aromatic heterocycles. The number of esters is 1. The molecule has 42 heavy (non-hydrogen) atoms. The van der Waals surface area contributed by atoms with Crippen LogP contribution in [0.4, 0.5) is 11.4 Å². The van der Waals surface area contributed by atoms with Crippen molar-refractivity contribution in [1.82, 2.24) is 0 Å². The number of hydrogen-bond donors (Lipinski definition) is 1. The van der Waals surface area contributed by atoms with Crippen LogP contribution in [0.15, 0.2) is 91.0 Å². The monoisotopic (exact) mass is 596 g/mol. The van der Waals surface area contributed by atoms with Gasteiger partial charge >= 0.3 is 5.97 Å². The van der Waals surface area contributed by atoms with E-state index in [0.29, 0.717) is 0 Å². The molecule has 1 N–H and O–H groups in total. The lowest BCUT2D eigenvalue weighted by Gasteiger charge is -2.45. The van der Waals surface area contributed by atoms with Crippen molar-refractivity contribution < 1.29 is 23.9 Å². The number of nitrogens with zero attached hydrogens (tertiary/aromatic N) is 1. The first-order valence-electron chi connectivity index (χ1n) is 13.4. The topological polar surface area (TPSA) is 92.8 Å². The lowest BCUT2D eigenvalue weighted by molar-refractivity contribution is -0.122. The maximum Gasteiger partial charge on any atom is 0.338 e. The van der Waals surface area contributed by atoms with Crippen molar-refractivity contribution in [3.63, 3.8) is 0 Å². The van der Waals surface area contributed by atoms with E-state index in [4.69, 9.17) is 27.9 Å². The van der Waals surface area contributed by atoms with Gasteiger partial charge in [-0.05, 0) is 52.6 Å². The Bertz CT molecular complexity index is 1710. The summed E-state index contributed by atoms with van der Waals surface area (Å²) in [5, 5.41) is 3.00. The first-order chi connectivity index (χ1) is 20.3. The number of benzene rings is 4. The largest absolute Gasteiger partial charge is 0.452 e. The van der Waals surface area contributed by atoms with Gasteiger partial charge in [0.05, 0.1) is 38.8 Å². The van der Waals surface area contributed by atoms with E-state index in [0.717, 1.165) is 22.3 Å². The summed E-state index contributed by atoms with van der Waals surface area (Å²) < 4.78 is 5.21. The van der Waals surface area contributed by atoms with Gasteiger partial charge in [-0.25, -0.2) is 9.69 Å². The van der Waals surface area contributed by atoms with E-state index in [1.165, 1.54) is 17.0 Å². The third-order valence-electron chi connectivity index (χ3n) is 8.35. The fourth-order valence-electron chi connectivity index (χ4n) is 6.70. The molecule has 9 heteroatoms. The van der Waals surface area contributed by atoms with Gasteiger partial charge in [-0.15, -0.1) is 0 Å². The fraction of sp³-hybridized carbons (Fsp3) is 0.152. The highest BCUT2D eigenvalue weighted by molar-refractivity contribution is 6.44. The van der Waals surface area contributed by atoms with Gasteiger partial charge < -0.3 is 10.1 Å². The molecule has 4 aromatic carbocycles. The minimum atomic E-state index is -0.777. The van der Waals surface area contributed by atoms with Crippen molar-refractivity contribution in [2.24, 2.45) is 11.8 Å². The van der Waals surface area contributed by atoms with Gasteiger partial charge in [0, 0.05) is 11.8 Å². The zero-order valence-electron chi connectivity index (χ0n) is 21.9. The highest BCUT2D eigenvalue weighted by Gasteiger charge is 2.61. The third-order valence-corrected chi connectivity index (χ3v) is 9.17. The molecule has 0 saturated carbocycles. The second-order valence-corrected chi connectivity index (χ2v) is 11.3. The highest BCUT2D eigenvalue weighted by Crippen LogP contribution is 2.61. The summed E-state index contributed by atoms with van der Waals surface area (Å²) in [5.41, 5.74) is 5.01. The Morgan fingerprint density at radius 1 is 0.738 bits per heavy atom. The molecule has 0 radical (unpaired) electrons. The molecule has 208 valence electrons. The standard InChI is InChI=1S/C33H22Cl2N2O5/c34-23-13-6-14-24(30(23)35)36-25(38)16-42-33(41)17-7-5-8-18(15-17)37-31(39)28-26-19-9-1-2-10-20(19)27(29(28)32(37)40)22-12-4-3-11-21(22)26/h1-15,26-29H,16H2,(H,36,38)/t26?,27?,28-,29-/m1/s1. The van der Waals surface area contributed by atoms with Crippen molar-refractivity contribution in [3.8, 4) is 0 Å². The fourth-order valence-corrected chi connectivity index (χ4v) is 7.05. The molecule has 1 aliphatic heterocycles. The van der Waals surface area contributed by atoms with Crippen LogP contribution in [0, 0.1) is 11.8 Å². The molecule has 1 heterocycles. The first-order valence-corrected chi connectivity index (χ1v) is 14.2. The number of rotatable bonds is 5. The second-order valence-electron chi connectivity index (χ2n) is 10.6. The molecule has 4 aliphatic rings. The van der Waals surface area contributed by atoms with Crippen LogP contribution in [0.1, 0.15) is 44.4 Å². The average Bonchev–Trinajstić information content (AvgIpc) is 3.28. The number of carbonyl (C=O) groups is 4. The number of anilines is 2. The third kappa shape index (κ3) is 4.03. The van der Waals surface area contributed by atoms with Gasteiger partial charge in [-0.3, -0.25) is 14.4 Å². The van der Waals surface area contributed by atoms with Crippen molar-refractivity contribution in [2.75, 3.05) is 16.8 Å². The minimum Gasteiger partial charge on any atom is -0.452 e. The predicted octanol–water partition coefficient (Wildman–Crippen LogP) is 6.19. The van der Waals surface area contributed by atoms with Crippen LogP contribution in [0.25, 0.3) is 0 Å². The molecule has 0 spiro atoms. The van der Waals surface area contributed by atoms with Crippen molar-refractivity contribution in [3.05, 3.63) is 129 Å².